The molecule has 1 aromatic carbocycles. The van der Waals surface area contributed by atoms with Crippen molar-refractivity contribution < 1.29 is 14.8 Å². The smallest absolute Gasteiger partial charge is 0.254 e. The van der Waals surface area contributed by atoms with E-state index in [4.69, 9.17) is 5.21 Å². The summed E-state index contributed by atoms with van der Waals surface area (Å²) in [5.41, 5.74) is 4.10. The van der Waals surface area contributed by atoms with Crippen molar-refractivity contribution in [2.24, 2.45) is 0 Å². The van der Waals surface area contributed by atoms with E-state index in [1.165, 1.54) is 11.3 Å². The molecule has 0 aliphatic carbocycles. The second-order valence-electron chi connectivity index (χ2n) is 6.93. The molecule has 3 N–H and O–H groups in total. The first-order valence-corrected chi connectivity index (χ1v) is 10.5. The number of nitrogens with one attached hydrogen (secondary N) is 2. The molecule has 0 saturated carbocycles. The average molecular weight is 423 g/mol. The van der Waals surface area contributed by atoms with Crippen LogP contribution in [0.2, 0.25) is 0 Å². The zero-order valence-corrected chi connectivity index (χ0v) is 17.0. The molecule has 0 spiro atoms. The first-order chi connectivity index (χ1) is 14.6. The third-order valence-corrected chi connectivity index (χ3v) is 5.69. The van der Waals surface area contributed by atoms with Crippen molar-refractivity contribution in [1.29, 1.82) is 0 Å². The van der Waals surface area contributed by atoms with Crippen molar-refractivity contribution in [1.82, 2.24) is 20.3 Å². The minimum absolute atomic E-state index is 0.0563. The van der Waals surface area contributed by atoms with E-state index in [2.05, 4.69) is 15.3 Å². The number of hydroxylamine groups is 1. The fraction of sp³-hybridized carbons (Fsp3) is 0.238. The van der Waals surface area contributed by atoms with E-state index in [9.17, 15) is 9.59 Å². The maximum Gasteiger partial charge on any atom is 0.254 e. The number of rotatable bonds is 6. The molecule has 3 heterocycles. The molecule has 9 heteroatoms. The number of anilines is 2. The maximum atomic E-state index is 13.3. The number of benzene rings is 1. The third-order valence-electron chi connectivity index (χ3n) is 5.00. The minimum atomic E-state index is -0.405. The average Bonchev–Trinajstić information content (AvgIpc) is 3.29. The number of pyridine rings is 1. The number of hydrogen-bond acceptors (Lipinski definition) is 7. The number of para-hydroxylation sites is 1. The van der Waals surface area contributed by atoms with Crippen LogP contribution in [0.5, 0.6) is 0 Å². The second kappa shape index (κ2) is 9.02. The van der Waals surface area contributed by atoms with Crippen LogP contribution in [-0.2, 0) is 4.79 Å². The Morgan fingerprint density at radius 1 is 1.27 bits per heavy atom. The molecule has 0 radical (unpaired) electrons. The molecular formula is C21H21N5O3S. The van der Waals surface area contributed by atoms with E-state index in [1.807, 2.05) is 35.7 Å². The minimum Gasteiger partial charge on any atom is -0.335 e. The highest BCUT2D eigenvalue weighted by molar-refractivity contribution is 7.13. The normalized spacial score (nSPS) is 13.8. The molecule has 154 valence electrons. The topological polar surface area (TPSA) is 107 Å². The van der Waals surface area contributed by atoms with Crippen LogP contribution in [0.15, 0.2) is 53.6 Å². The number of aromatic nitrogens is 2. The molecule has 0 bridgehead atoms. The molecule has 0 atom stereocenters. The highest BCUT2D eigenvalue weighted by Crippen LogP contribution is 2.26. The van der Waals surface area contributed by atoms with Crippen LogP contribution in [0.25, 0.3) is 10.9 Å². The van der Waals surface area contributed by atoms with E-state index in [1.54, 1.807) is 22.6 Å². The Morgan fingerprint density at radius 3 is 2.87 bits per heavy atom. The second-order valence-corrected chi connectivity index (χ2v) is 7.83. The summed E-state index contributed by atoms with van der Waals surface area (Å²) >= 11 is 1.46. The summed E-state index contributed by atoms with van der Waals surface area (Å²) in [6.45, 7) is 1.07. The van der Waals surface area contributed by atoms with Gasteiger partial charge in [0.1, 0.15) is 5.82 Å². The monoisotopic (exact) mass is 423 g/mol. The van der Waals surface area contributed by atoms with Gasteiger partial charge in [0.25, 0.3) is 5.91 Å². The maximum absolute atomic E-state index is 13.3. The van der Waals surface area contributed by atoms with Crippen LogP contribution in [-0.4, -0.2) is 45.0 Å². The van der Waals surface area contributed by atoms with Gasteiger partial charge in [-0.25, -0.2) is 15.4 Å². The van der Waals surface area contributed by atoms with Gasteiger partial charge < -0.3 is 10.2 Å². The molecule has 1 aliphatic heterocycles. The van der Waals surface area contributed by atoms with Crippen LogP contribution < -0.4 is 10.8 Å². The zero-order valence-electron chi connectivity index (χ0n) is 16.2. The molecule has 0 saturated heterocycles. The van der Waals surface area contributed by atoms with Crippen molar-refractivity contribution in [3.8, 4) is 0 Å². The zero-order chi connectivity index (χ0) is 20.9. The predicted molar refractivity (Wildman–Crippen MR) is 115 cm³/mol. The van der Waals surface area contributed by atoms with Crippen molar-refractivity contribution in [2.75, 3.05) is 18.4 Å². The van der Waals surface area contributed by atoms with Crippen LogP contribution in [0.3, 0.4) is 0 Å². The van der Waals surface area contributed by atoms with Gasteiger partial charge in [0, 0.05) is 36.5 Å². The van der Waals surface area contributed by atoms with Crippen molar-refractivity contribution in [2.45, 2.75) is 19.3 Å². The van der Waals surface area contributed by atoms with Gasteiger partial charge in [-0.2, -0.15) is 0 Å². The SMILES string of the molecule is O=C(CCC1=CCN(C(=O)c2cc(Nc3nccs3)nc3ccccc23)CC1)NO. The quantitative estimate of drug-likeness (QED) is 0.318. The fourth-order valence-corrected chi connectivity index (χ4v) is 3.97. The number of thiazole rings is 1. The molecular weight excluding hydrogens is 402 g/mol. The summed E-state index contributed by atoms with van der Waals surface area (Å²) in [5.74, 6) is 0.118. The van der Waals surface area contributed by atoms with Gasteiger partial charge in [-0.1, -0.05) is 29.8 Å². The summed E-state index contributed by atoms with van der Waals surface area (Å²) in [6, 6.07) is 9.36. The number of nitrogens with zero attached hydrogens (tertiary/aromatic N) is 3. The first-order valence-electron chi connectivity index (χ1n) is 9.60. The lowest BCUT2D eigenvalue weighted by molar-refractivity contribution is -0.129. The molecule has 30 heavy (non-hydrogen) atoms. The van der Waals surface area contributed by atoms with Crippen LogP contribution in [0, 0.1) is 0 Å². The van der Waals surface area contributed by atoms with Gasteiger partial charge in [-0.3, -0.25) is 14.8 Å². The van der Waals surface area contributed by atoms with E-state index >= 15 is 0 Å². The molecule has 0 unspecified atom stereocenters. The first kappa shape index (κ1) is 20.0. The summed E-state index contributed by atoms with van der Waals surface area (Å²) in [7, 11) is 0. The Morgan fingerprint density at radius 2 is 2.13 bits per heavy atom. The lowest BCUT2D eigenvalue weighted by Gasteiger charge is -2.27. The van der Waals surface area contributed by atoms with Gasteiger partial charge in [0.05, 0.1) is 11.1 Å². The van der Waals surface area contributed by atoms with Crippen LogP contribution in [0.1, 0.15) is 29.6 Å². The molecule has 2 amide bonds. The Bertz CT molecular complexity index is 1100. The molecule has 0 fully saturated rings. The largest absolute Gasteiger partial charge is 0.335 e. The highest BCUT2D eigenvalue weighted by Gasteiger charge is 2.22. The van der Waals surface area contributed by atoms with E-state index in [0.717, 1.165) is 16.5 Å². The summed E-state index contributed by atoms with van der Waals surface area (Å²) in [6.07, 6.45) is 5.22. The summed E-state index contributed by atoms with van der Waals surface area (Å²) in [4.78, 5) is 35.2. The Labute approximate surface area is 177 Å². The van der Waals surface area contributed by atoms with Crippen LogP contribution in [0.4, 0.5) is 10.9 Å². The van der Waals surface area contributed by atoms with Crippen molar-refractivity contribution in [3.05, 3.63) is 59.1 Å². The molecule has 3 aromatic rings. The molecule has 1 aliphatic rings. The highest BCUT2D eigenvalue weighted by atomic mass is 32.1. The number of carbonyl (C=O) groups is 2. The standard InChI is InChI=1S/C21H21N5O3S/c27-19(25-29)6-5-14-7-10-26(11-8-14)20(28)16-13-18(24-21-22-9-12-30-21)23-17-4-2-1-3-15(16)17/h1-4,7,9,12-13,29H,5-6,8,10-11H2,(H,25,27)(H,22,23,24). The number of carbonyl (C=O) groups excluding carboxylic acids is 2. The number of hydrogen-bond donors (Lipinski definition) is 3. The number of fused-ring (bicyclic) bond motifs is 1. The lowest BCUT2D eigenvalue weighted by Crippen LogP contribution is -2.35. The third kappa shape index (κ3) is 4.47. The van der Waals surface area contributed by atoms with Gasteiger partial charge >= 0.3 is 0 Å². The van der Waals surface area contributed by atoms with E-state index in [-0.39, 0.29) is 12.3 Å². The van der Waals surface area contributed by atoms with Gasteiger partial charge in [0.2, 0.25) is 5.91 Å². The summed E-state index contributed by atoms with van der Waals surface area (Å²) in [5, 5.41) is 15.2. The summed E-state index contributed by atoms with van der Waals surface area (Å²) < 4.78 is 0. The fourth-order valence-electron chi connectivity index (χ4n) is 3.43. The predicted octanol–water partition coefficient (Wildman–Crippen LogP) is 3.49. The lowest BCUT2D eigenvalue weighted by atomic mass is 10.0. The van der Waals surface area contributed by atoms with E-state index in [0.29, 0.717) is 42.4 Å². The number of amides is 2. The van der Waals surface area contributed by atoms with Gasteiger partial charge in [-0.15, -0.1) is 11.3 Å². The molecule has 8 nitrogen and oxygen atoms in total. The molecule has 2 aromatic heterocycles. The van der Waals surface area contributed by atoms with Crippen molar-refractivity contribution >= 4 is 45.0 Å². The molecule has 4 rings (SSSR count). The van der Waals surface area contributed by atoms with Crippen molar-refractivity contribution in [3.63, 3.8) is 0 Å². The Kier molecular flexibility index (Phi) is 6.01. The van der Waals surface area contributed by atoms with E-state index < -0.39 is 5.91 Å². The van der Waals surface area contributed by atoms with Gasteiger partial charge in [-0.05, 0) is 25.0 Å². The van der Waals surface area contributed by atoms with Crippen LogP contribution >= 0.6 is 11.3 Å². The Hall–Kier alpha value is -3.30. The van der Waals surface area contributed by atoms with Gasteiger partial charge in [0.15, 0.2) is 5.13 Å². The Balaban J connectivity index is 1.55.